The number of benzene rings is 1. The van der Waals surface area contributed by atoms with E-state index in [-0.39, 0.29) is 11.9 Å². The molecule has 1 amide bonds. The highest BCUT2D eigenvalue weighted by Gasteiger charge is 2.27. The highest BCUT2D eigenvalue weighted by Crippen LogP contribution is 2.27. The van der Waals surface area contributed by atoms with Gasteiger partial charge in [-0.05, 0) is 43.7 Å². The summed E-state index contributed by atoms with van der Waals surface area (Å²) in [4.78, 5) is 14.6. The highest BCUT2D eigenvalue weighted by atomic mass is 16.5. The molecule has 1 N–H and O–H groups in total. The number of ether oxygens (including phenoxy) is 1. The molecule has 3 rings (SSSR count). The van der Waals surface area contributed by atoms with Gasteiger partial charge in [-0.15, -0.1) is 0 Å². The Morgan fingerprint density at radius 3 is 2.73 bits per heavy atom. The molecule has 4 heteroatoms. The minimum atomic E-state index is 0.215. The van der Waals surface area contributed by atoms with Crippen molar-refractivity contribution in [2.24, 2.45) is 5.92 Å². The summed E-state index contributed by atoms with van der Waals surface area (Å²) >= 11 is 0. The lowest BCUT2D eigenvalue weighted by Crippen LogP contribution is -2.46. The maximum Gasteiger partial charge on any atom is 0.236 e. The maximum atomic E-state index is 12.6. The first-order valence-corrected chi connectivity index (χ1v) is 8.45. The van der Waals surface area contributed by atoms with E-state index in [9.17, 15) is 4.79 Å². The molecule has 0 spiro atoms. The average Bonchev–Trinajstić information content (AvgIpc) is 3.21. The Kier molecular flexibility index (Phi) is 5.46. The van der Waals surface area contributed by atoms with Crippen molar-refractivity contribution >= 4 is 5.91 Å². The molecule has 1 saturated heterocycles. The van der Waals surface area contributed by atoms with Crippen LogP contribution >= 0.6 is 0 Å². The van der Waals surface area contributed by atoms with Gasteiger partial charge in [0.1, 0.15) is 0 Å². The predicted octanol–water partition coefficient (Wildman–Crippen LogP) is 1.85. The molecule has 1 aliphatic carbocycles. The second kappa shape index (κ2) is 7.75. The van der Waals surface area contributed by atoms with Gasteiger partial charge < -0.3 is 15.0 Å². The van der Waals surface area contributed by atoms with Crippen molar-refractivity contribution in [1.82, 2.24) is 10.2 Å². The molecule has 120 valence electrons. The van der Waals surface area contributed by atoms with Crippen LogP contribution in [0.4, 0.5) is 0 Å². The van der Waals surface area contributed by atoms with Gasteiger partial charge in [-0.2, -0.15) is 0 Å². The lowest BCUT2D eigenvalue weighted by atomic mass is 10.1. The van der Waals surface area contributed by atoms with Crippen molar-refractivity contribution in [1.29, 1.82) is 0 Å². The van der Waals surface area contributed by atoms with E-state index in [0.717, 1.165) is 38.5 Å². The Bertz CT molecular complexity index is 467. The molecule has 1 unspecified atom stereocenters. The summed E-state index contributed by atoms with van der Waals surface area (Å²) in [6.07, 6.45) is 4.50. The van der Waals surface area contributed by atoms with Gasteiger partial charge in [0.2, 0.25) is 5.91 Å². The Hall–Kier alpha value is -1.39. The Labute approximate surface area is 132 Å². The van der Waals surface area contributed by atoms with Crippen LogP contribution in [0.3, 0.4) is 0 Å². The van der Waals surface area contributed by atoms with Crippen LogP contribution in [0.5, 0.6) is 0 Å². The molecule has 4 nitrogen and oxygen atoms in total. The van der Waals surface area contributed by atoms with Crippen molar-refractivity contribution in [3.8, 4) is 0 Å². The zero-order valence-corrected chi connectivity index (χ0v) is 13.2. The first-order chi connectivity index (χ1) is 10.8. The van der Waals surface area contributed by atoms with Gasteiger partial charge >= 0.3 is 0 Å². The number of carbonyl (C=O) groups is 1. The smallest absolute Gasteiger partial charge is 0.236 e. The molecule has 1 saturated carbocycles. The monoisotopic (exact) mass is 302 g/mol. The second-order valence-electron chi connectivity index (χ2n) is 6.41. The lowest BCUT2D eigenvalue weighted by Gasteiger charge is -2.28. The zero-order valence-electron chi connectivity index (χ0n) is 13.2. The fourth-order valence-electron chi connectivity index (χ4n) is 2.98. The normalized spacial score (nSPS) is 21.0. The van der Waals surface area contributed by atoms with E-state index in [2.05, 4.69) is 29.6 Å². The Morgan fingerprint density at radius 1 is 1.23 bits per heavy atom. The molecule has 1 atom stereocenters. The third-order valence-corrected chi connectivity index (χ3v) is 4.56. The summed E-state index contributed by atoms with van der Waals surface area (Å²) in [6, 6.07) is 10.6. The lowest BCUT2D eigenvalue weighted by molar-refractivity contribution is -0.132. The summed E-state index contributed by atoms with van der Waals surface area (Å²) in [5, 5.41) is 3.32. The summed E-state index contributed by atoms with van der Waals surface area (Å²) in [6.45, 7) is 3.68. The fourth-order valence-corrected chi connectivity index (χ4v) is 2.98. The molecule has 0 bridgehead atoms. The molecule has 1 aromatic carbocycles. The van der Waals surface area contributed by atoms with Crippen LogP contribution in [0, 0.1) is 5.92 Å². The van der Waals surface area contributed by atoms with Crippen LogP contribution in [-0.4, -0.2) is 49.7 Å². The van der Waals surface area contributed by atoms with E-state index < -0.39 is 0 Å². The zero-order chi connectivity index (χ0) is 15.2. The number of nitrogens with zero attached hydrogens (tertiary/aromatic N) is 1. The first-order valence-electron chi connectivity index (χ1n) is 8.45. The first kappa shape index (κ1) is 15.5. The van der Waals surface area contributed by atoms with Gasteiger partial charge in [0, 0.05) is 13.2 Å². The number of amides is 1. The second-order valence-corrected chi connectivity index (χ2v) is 6.41. The molecule has 0 radical (unpaired) electrons. The van der Waals surface area contributed by atoms with Gasteiger partial charge in [-0.3, -0.25) is 4.79 Å². The number of rotatable bonds is 8. The van der Waals surface area contributed by atoms with E-state index in [1.165, 1.54) is 18.4 Å². The summed E-state index contributed by atoms with van der Waals surface area (Å²) in [5.74, 6) is 1.02. The SMILES string of the molecule is O=C(CNCC1CC1)N(CCc1ccccc1)C1CCOC1. The number of hydrogen-bond donors (Lipinski definition) is 1. The van der Waals surface area contributed by atoms with Gasteiger partial charge in [-0.25, -0.2) is 0 Å². The van der Waals surface area contributed by atoms with Gasteiger partial charge in [-0.1, -0.05) is 30.3 Å². The summed E-state index contributed by atoms with van der Waals surface area (Å²) in [5.41, 5.74) is 1.28. The summed E-state index contributed by atoms with van der Waals surface area (Å²) < 4.78 is 5.48. The third-order valence-electron chi connectivity index (χ3n) is 4.56. The highest BCUT2D eigenvalue weighted by molar-refractivity contribution is 5.78. The number of carbonyl (C=O) groups excluding carboxylic acids is 1. The van der Waals surface area contributed by atoms with Crippen LogP contribution in [0.15, 0.2) is 30.3 Å². The number of hydrogen-bond acceptors (Lipinski definition) is 3. The van der Waals surface area contributed by atoms with E-state index >= 15 is 0 Å². The van der Waals surface area contributed by atoms with Crippen molar-refractivity contribution in [3.05, 3.63) is 35.9 Å². The minimum absolute atomic E-state index is 0.215. The van der Waals surface area contributed by atoms with Gasteiger partial charge in [0.25, 0.3) is 0 Å². The quantitative estimate of drug-likeness (QED) is 0.797. The Morgan fingerprint density at radius 2 is 2.05 bits per heavy atom. The average molecular weight is 302 g/mol. The molecule has 1 aliphatic heterocycles. The van der Waals surface area contributed by atoms with Crippen molar-refractivity contribution < 1.29 is 9.53 Å². The molecule has 1 heterocycles. The molecule has 2 fully saturated rings. The van der Waals surface area contributed by atoms with E-state index in [4.69, 9.17) is 4.74 Å². The number of nitrogens with one attached hydrogen (secondary N) is 1. The molecule has 22 heavy (non-hydrogen) atoms. The van der Waals surface area contributed by atoms with Gasteiger partial charge in [0.05, 0.1) is 19.2 Å². The van der Waals surface area contributed by atoms with E-state index in [1.54, 1.807) is 0 Å². The summed E-state index contributed by atoms with van der Waals surface area (Å²) in [7, 11) is 0. The van der Waals surface area contributed by atoms with Crippen LogP contribution in [0.2, 0.25) is 0 Å². The molecule has 0 aromatic heterocycles. The van der Waals surface area contributed by atoms with Crippen LogP contribution in [0.1, 0.15) is 24.8 Å². The predicted molar refractivity (Wildman–Crippen MR) is 86.7 cm³/mol. The minimum Gasteiger partial charge on any atom is -0.379 e. The largest absolute Gasteiger partial charge is 0.379 e. The topological polar surface area (TPSA) is 41.6 Å². The third kappa shape index (κ3) is 4.55. The molecular formula is C18H26N2O2. The molecule has 2 aliphatic rings. The van der Waals surface area contributed by atoms with Gasteiger partial charge in [0.15, 0.2) is 0 Å². The van der Waals surface area contributed by atoms with E-state index in [1.807, 2.05) is 11.0 Å². The molecular weight excluding hydrogens is 276 g/mol. The van der Waals surface area contributed by atoms with Crippen molar-refractivity contribution in [3.63, 3.8) is 0 Å². The standard InChI is InChI=1S/C18H26N2O2/c21-18(13-19-12-16-6-7-16)20(17-9-11-22-14-17)10-8-15-4-2-1-3-5-15/h1-5,16-17,19H,6-14H2. The van der Waals surface area contributed by atoms with Crippen LogP contribution < -0.4 is 5.32 Å². The Balaban J connectivity index is 1.52. The van der Waals surface area contributed by atoms with Crippen molar-refractivity contribution in [2.75, 3.05) is 32.8 Å². The van der Waals surface area contributed by atoms with E-state index in [0.29, 0.717) is 13.2 Å². The fraction of sp³-hybridized carbons (Fsp3) is 0.611. The van der Waals surface area contributed by atoms with Crippen molar-refractivity contribution in [2.45, 2.75) is 31.7 Å². The maximum absolute atomic E-state index is 12.6. The molecule has 1 aromatic rings. The van der Waals surface area contributed by atoms with Crippen LogP contribution in [0.25, 0.3) is 0 Å². The van der Waals surface area contributed by atoms with Crippen LogP contribution in [-0.2, 0) is 16.0 Å².